The van der Waals surface area contributed by atoms with Gasteiger partial charge in [0.1, 0.15) is 0 Å². The van der Waals surface area contributed by atoms with E-state index < -0.39 is 0 Å². The zero-order valence-electron chi connectivity index (χ0n) is 39.9. The van der Waals surface area contributed by atoms with Crippen LogP contribution in [0.25, 0.3) is 0 Å². The smallest absolute Gasteiger partial charge is 1.00 e. The molecular formula is C56H72Cl2SiZr-2. The van der Waals surface area contributed by atoms with Gasteiger partial charge >= 0.3 is 41.9 Å². The number of fused-ring (bicyclic) bond motifs is 2. The van der Waals surface area contributed by atoms with Crippen LogP contribution in [0.1, 0.15) is 181 Å². The normalized spacial score (nSPS) is 20.6. The second kappa shape index (κ2) is 19.0. The summed E-state index contributed by atoms with van der Waals surface area (Å²) in [4.78, 5) is 0. The van der Waals surface area contributed by atoms with Crippen LogP contribution in [0, 0.1) is 12.2 Å². The molecule has 0 radical (unpaired) electrons. The van der Waals surface area contributed by atoms with Crippen LogP contribution in [-0.4, -0.2) is 5.43 Å². The summed E-state index contributed by atoms with van der Waals surface area (Å²) in [6.45, 7) is 37.0. The Morgan fingerprint density at radius 3 is 1.03 bits per heavy atom. The predicted octanol–water partition coefficient (Wildman–Crippen LogP) is 9.74. The Hall–Kier alpha value is -1.96. The van der Waals surface area contributed by atoms with E-state index in [4.69, 9.17) is 0 Å². The first-order chi connectivity index (χ1) is 26.8. The van der Waals surface area contributed by atoms with Gasteiger partial charge < -0.3 is 24.8 Å². The number of hydrogen-bond acceptors (Lipinski definition) is 0. The van der Waals surface area contributed by atoms with Crippen molar-refractivity contribution in [3.63, 3.8) is 0 Å². The van der Waals surface area contributed by atoms with Crippen LogP contribution in [0.5, 0.6) is 0 Å². The predicted molar refractivity (Wildman–Crippen MR) is 250 cm³/mol. The fourth-order valence-corrected chi connectivity index (χ4v) is 9.40. The van der Waals surface area contributed by atoms with E-state index in [1.54, 1.807) is 45.6 Å². The van der Waals surface area contributed by atoms with Gasteiger partial charge in [0.25, 0.3) is 0 Å². The monoisotopic (exact) mass is 932 g/mol. The fourth-order valence-electron chi connectivity index (χ4n) is 9.40. The first-order valence-corrected chi connectivity index (χ1v) is 28.4. The minimum Gasteiger partial charge on any atom is -1.00 e. The summed E-state index contributed by atoms with van der Waals surface area (Å²) in [6, 6.07) is 14.8. The summed E-state index contributed by atoms with van der Waals surface area (Å²) >= 11 is 1.74. The Morgan fingerprint density at radius 1 is 0.483 bits per heavy atom. The maximum Gasteiger partial charge on any atom is -1.00 e. The molecule has 8 rings (SSSR count). The molecule has 6 aliphatic rings. The molecule has 2 atom stereocenters. The van der Waals surface area contributed by atoms with Crippen molar-refractivity contribution in [3.05, 3.63) is 162 Å². The van der Waals surface area contributed by atoms with Gasteiger partial charge in [-0.1, -0.05) is 156 Å². The van der Waals surface area contributed by atoms with E-state index in [2.05, 4.69) is 183 Å². The van der Waals surface area contributed by atoms with Crippen LogP contribution < -0.4 is 24.8 Å². The summed E-state index contributed by atoms with van der Waals surface area (Å²) in [5, 5.41) is 0. The molecule has 4 heteroatoms. The zero-order valence-corrected chi connectivity index (χ0v) is 44.9. The van der Waals surface area contributed by atoms with Crippen LogP contribution in [0.4, 0.5) is 0 Å². The number of rotatable bonds is 2. The topological polar surface area (TPSA) is 0 Å². The minimum atomic E-state index is 0. The quantitative estimate of drug-likeness (QED) is 0.208. The molecule has 0 saturated carbocycles. The van der Waals surface area contributed by atoms with E-state index >= 15 is 0 Å². The summed E-state index contributed by atoms with van der Waals surface area (Å²) < 4.78 is 0. The van der Waals surface area contributed by atoms with Gasteiger partial charge in [-0.15, -0.1) is 35.5 Å². The maximum absolute atomic E-state index is 3.61. The molecule has 2 aromatic carbocycles. The van der Waals surface area contributed by atoms with Gasteiger partial charge in [0, 0.05) is 0 Å². The van der Waals surface area contributed by atoms with Crippen molar-refractivity contribution in [2.45, 2.75) is 182 Å². The van der Waals surface area contributed by atoms with Crippen molar-refractivity contribution >= 4 is 5.43 Å². The molecule has 0 spiro atoms. The molecule has 0 heterocycles. The van der Waals surface area contributed by atoms with Gasteiger partial charge in [0.15, 0.2) is 0 Å². The minimum absolute atomic E-state index is 0. The average molecular weight is 935 g/mol. The molecule has 320 valence electrons. The zero-order chi connectivity index (χ0) is 42.7. The Labute approximate surface area is 394 Å². The van der Waals surface area contributed by atoms with Gasteiger partial charge in [-0.25, -0.2) is 0 Å². The van der Waals surface area contributed by atoms with Gasteiger partial charge in [0.05, 0.1) is 0 Å². The number of allylic oxidation sites excluding steroid dienone is 16. The van der Waals surface area contributed by atoms with E-state index in [-0.39, 0.29) is 51.9 Å². The molecule has 2 aromatic rings. The molecule has 0 amide bonds. The first kappa shape index (κ1) is 50.7. The van der Waals surface area contributed by atoms with Crippen LogP contribution in [0.3, 0.4) is 0 Å². The molecule has 0 aromatic heterocycles. The summed E-state index contributed by atoms with van der Waals surface area (Å²) in [5.41, 5.74) is 24.2. The molecule has 60 heavy (non-hydrogen) atoms. The van der Waals surface area contributed by atoms with Gasteiger partial charge in [-0.3, -0.25) is 0 Å². The Bertz CT molecular complexity index is 2040. The van der Waals surface area contributed by atoms with Crippen molar-refractivity contribution in [2.24, 2.45) is 0 Å². The number of halogens is 2. The van der Waals surface area contributed by atoms with Gasteiger partial charge in [-0.2, -0.15) is 34.4 Å². The van der Waals surface area contributed by atoms with Crippen molar-refractivity contribution < 1.29 is 48.1 Å². The molecule has 2 unspecified atom stereocenters. The van der Waals surface area contributed by atoms with Crippen molar-refractivity contribution in [1.82, 2.24) is 0 Å². The van der Waals surface area contributed by atoms with Crippen LogP contribution in [0.15, 0.2) is 116 Å². The van der Waals surface area contributed by atoms with Crippen molar-refractivity contribution in [3.8, 4) is 0 Å². The molecule has 0 N–H and O–H groups in total. The first-order valence-electron chi connectivity index (χ1n) is 22.2. The number of benzene rings is 2. The van der Waals surface area contributed by atoms with Crippen molar-refractivity contribution in [1.29, 1.82) is 0 Å². The average Bonchev–Trinajstić information content (AvgIpc) is 3.90. The molecule has 0 bridgehead atoms. The molecule has 0 fully saturated rings. The molecule has 6 aliphatic carbocycles. The standard InChI is InChI=1S/2C27H33.C2H6Si.2ClH.Zr/c2*1-17-11-19-13-18-9-8-10-23(18)25(24(19)12-17)20-14-21(26(2,3)4)16-22(15-20)27(5,6)7;1-3-2;;;/h2*12-16,25H,8-10H2,1-7H3;1-2H3;2*1H;/q2*-1;;;;+2/p-2. The van der Waals surface area contributed by atoms with E-state index in [9.17, 15) is 0 Å². The second-order valence-electron chi connectivity index (χ2n) is 22.3. The molecular weight excluding hydrogens is 863 g/mol. The van der Waals surface area contributed by atoms with E-state index in [1.165, 1.54) is 105 Å². The molecule has 0 nitrogen and oxygen atoms in total. The van der Waals surface area contributed by atoms with E-state index in [1.807, 2.05) is 0 Å². The summed E-state index contributed by atoms with van der Waals surface area (Å²) in [7, 11) is 0. The fraction of sp³-hybridized carbons (Fsp3) is 0.500. The van der Waals surface area contributed by atoms with Crippen LogP contribution >= 0.6 is 0 Å². The third-order valence-corrected chi connectivity index (χ3v) is 12.6. The Kier molecular flexibility index (Phi) is 16.1. The van der Waals surface area contributed by atoms with E-state index in [0.717, 1.165) is 0 Å². The largest absolute Gasteiger partial charge is 1.00 e. The summed E-state index contributed by atoms with van der Waals surface area (Å²) in [6.07, 6.45) is 24.3. The second-order valence-corrected chi connectivity index (χ2v) is 31.7. The third-order valence-electron chi connectivity index (χ3n) is 12.6. The molecule has 0 saturated heterocycles. The summed E-state index contributed by atoms with van der Waals surface area (Å²) in [5.74, 6) is 0.826. The molecule has 0 aliphatic heterocycles. The SMILES string of the molecule is CC1=[C-]C2=CC3=C(CCC3)C(c3cc(C(C)(C)C)cc(C(C)(C)C)c3)C2=C1.CC1=[C-]C2=CC3=C(CCC3)C(c3cc(C(C)(C)C)cc(C(C)(C)C)c3)C2=C1.C[Si](C)=[Zr+2].[Cl-].[Cl-]. The van der Waals surface area contributed by atoms with E-state index in [0.29, 0.717) is 11.8 Å². The van der Waals surface area contributed by atoms with Gasteiger partial charge in [0.2, 0.25) is 0 Å². The van der Waals surface area contributed by atoms with Crippen molar-refractivity contribution in [2.75, 3.05) is 0 Å². The Balaban J connectivity index is 0.000000236. The third kappa shape index (κ3) is 11.4. The van der Waals surface area contributed by atoms with Gasteiger partial charge in [-0.05, 0) is 105 Å². The van der Waals surface area contributed by atoms with Crippen LogP contribution in [0.2, 0.25) is 13.1 Å². The maximum atomic E-state index is 3.61. The number of hydrogen-bond donors (Lipinski definition) is 0. The Morgan fingerprint density at radius 2 is 0.767 bits per heavy atom. The van der Waals surface area contributed by atoms with Crippen LogP contribution in [-0.2, 0) is 45.0 Å².